The Morgan fingerprint density at radius 1 is 1.33 bits per heavy atom. The average Bonchev–Trinajstić information content (AvgIpc) is 2.08. The van der Waals surface area contributed by atoms with E-state index in [1.54, 1.807) is 12.1 Å². The number of halogens is 2. The van der Waals surface area contributed by atoms with Gasteiger partial charge in [0.05, 0.1) is 6.10 Å². The largest absolute Gasteiger partial charge is 0.391 e. The molecule has 0 aliphatic carbocycles. The van der Waals surface area contributed by atoms with Crippen molar-refractivity contribution in [2.75, 3.05) is 20.6 Å². The van der Waals surface area contributed by atoms with Crippen LogP contribution in [0.15, 0.2) is 18.2 Å². The highest BCUT2D eigenvalue weighted by Gasteiger charge is 2.09. The van der Waals surface area contributed by atoms with Gasteiger partial charge in [-0.2, -0.15) is 0 Å². The maximum atomic E-state index is 9.73. The number of likely N-dealkylation sites (N-methyl/N-ethyl adjacent to an activating group) is 1. The first-order valence-electron chi connectivity index (χ1n) is 4.75. The molecule has 4 heteroatoms. The summed E-state index contributed by atoms with van der Waals surface area (Å²) >= 11 is 11.8. The Labute approximate surface area is 100 Å². The topological polar surface area (TPSA) is 23.5 Å². The van der Waals surface area contributed by atoms with E-state index in [2.05, 4.69) is 0 Å². The summed E-state index contributed by atoms with van der Waals surface area (Å²) in [5.41, 5.74) is 0.926. The van der Waals surface area contributed by atoms with Crippen molar-refractivity contribution in [2.45, 2.75) is 12.5 Å². The van der Waals surface area contributed by atoms with Gasteiger partial charge >= 0.3 is 0 Å². The Kier molecular flexibility index (Phi) is 4.87. The lowest BCUT2D eigenvalue weighted by atomic mass is 10.1. The van der Waals surface area contributed by atoms with E-state index in [1.807, 2.05) is 25.1 Å². The molecule has 1 N–H and O–H groups in total. The predicted molar refractivity (Wildman–Crippen MR) is 64.7 cm³/mol. The Bertz CT molecular complexity index is 328. The maximum Gasteiger partial charge on any atom is 0.0707 e. The first-order valence-corrected chi connectivity index (χ1v) is 5.51. The molecule has 15 heavy (non-hydrogen) atoms. The summed E-state index contributed by atoms with van der Waals surface area (Å²) in [7, 11) is 3.85. The van der Waals surface area contributed by atoms with Gasteiger partial charge < -0.3 is 10.0 Å². The van der Waals surface area contributed by atoms with Crippen LogP contribution in [0.5, 0.6) is 0 Å². The number of aliphatic hydroxyl groups is 1. The molecule has 0 bridgehead atoms. The Morgan fingerprint density at radius 3 is 2.53 bits per heavy atom. The van der Waals surface area contributed by atoms with E-state index >= 15 is 0 Å². The van der Waals surface area contributed by atoms with Crippen molar-refractivity contribution in [3.05, 3.63) is 33.8 Å². The van der Waals surface area contributed by atoms with Crippen LogP contribution in [0.3, 0.4) is 0 Å². The zero-order valence-electron chi connectivity index (χ0n) is 8.87. The van der Waals surface area contributed by atoms with Gasteiger partial charge in [-0.25, -0.2) is 0 Å². The van der Waals surface area contributed by atoms with Crippen molar-refractivity contribution in [2.24, 2.45) is 0 Å². The van der Waals surface area contributed by atoms with Crippen LogP contribution in [-0.4, -0.2) is 36.8 Å². The van der Waals surface area contributed by atoms with Gasteiger partial charge in [-0.1, -0.05) is 29.3 Å². The maximum absolute atomic E-state index is 9.73. The van der Waals surface area contributed by atoms with Crippen molar-refractivity contribution in [1.82, 2.24) is 4.90 Å². The smallest absolute Gasteiger partial charge is 0.0707 e. The Balaban J connectivity index is 2.64. The quantitative estimate of drug-likeness (QED) is 0.884. The van der Waals surface area contributed by atoms with Crippen LogP contribution in [0.4, 0.5) is 0 Å². The van der Waals surface area contributed by atoms with Crippen LogP contribution in [0, 0.1) is 0 Å². The Morgan fingerprint density at radius 2 is 2.00 bits per heavy atom. The van der Waals surface area contributed by atoms with Crippen molar-refractivity contribution in [3.63, 3.8) is 0 Å². The lowest BCUT2D eigenvalue weighted by Gasteiger charge is -2.16. The van der Waals surface area contributed by atoms with Crippen molar-refractivity contribution in [1.29, 1.82) is 0 Å². The van der Waals surface area contributed by atoms with Gasteiger partial charge in [-0.3, -0.25) is 0 Å². The zero-order valence-corrected chi connectivity index (χ0v) is 10.4. The second kappa shape index (κ2) is 5.71. The van der Waals surface area contributed by atoms with Crippen molar-refractivity contribution in [3.8, 4) is 0 Å². The van der Waals surface area contributed by atoms with E-state index < -0.39 is 6.10 Å². The molecule has 0 amide bonds. The van der Waals surface area contributed by atoms with E-state index in [9.17, 15) is 5.11 Å². The molecule has 1 unspecified atom stereocenters. The summed E-state index contributed by atoms with van der Waals surface area (Å²) in [5.74, 6) is 0. The standard InChI is InChI=1S/C11H15Cl2NO/c1-14(2)7-10(15)5-8-3-4-9(12)6-11(8)13/h3-4,6,10,15H,5,7H2,1-2H3. The third-order valence-corrected chi connectivity index (χ3v) is 2.63. The molecule has 0 aliphatic heterocycles. The number of hydrogen-bond donors (Lipinski definition) is 1. The van der Waals surface area contributed by atoms with Gasteiger partial charge in [-0.15, -0.1) is 0 Å². The molecule has 2 nitrogen and oxygen atoms in total. The van der Waals surface area contributed by atoms with Gasteiger partial charge in [0, 0.05) is 23.0 Å². The fourth-order valence-corrected chi connectivity index (χ4v) is 1.91. The molecule has 0 saturated carbocycles. The van der Waals surface area contributed by atoms with E-state index in [4.69, 9.17) is 23.2 Å². The van der Waals surface area contributed by atoms with Crippen LogP contribution >= 0.6 is 23.2 Å². The third-order valence-electron chi connectivity index (χ3n) is 2.05. The first-order chi connectivity index (χ1) is 6.99. The predicted octanol–water partition coefficient (Wildman–Crippen LogP) is 2.46. The highest BCUT2D eigenvalue weighted by Crippen LogP contribution is 2.22. The molecule has 0 aliphatic rings. The third kappa shape index (κ3) is 4.39. The minimum Gasteiger partial charge on any atom is -0.391 e. The lowest BCUT2D eigenvalue weighted by Crippen LogP contribution is -2.27. The monoisotopic (exact) mass is 247 g/mol. The molecule has 0 saturated heterocycles. The fraction of sp³-hybridized carbons (Fsp3) is 0.455. The van der Waals surface area contributed by atoms with Crippen LogP contribution in [0.1, 0.15) is 5.56 Å². The number of rotatable bonds is 4. The molecule has 0 aromatic heterocycles. The van der Waals surface area contributed by atoms with Crippen LogP contribution < -0.4 is 0 Å². The van der Waals surface area contributed by atoms with E-state index in [1.165, 1.54) is 0 Å². The molecule has 84 valence electrons. The Hall–Kier alpha value is -0.280. The van der Waals surface area contributed by atoms with Crippen LogP contribution in [0.25, 0.3) is 0 Å². The SMILES string of the molecule is CN(C)CC(O)Cc1ccc(Cl)cc1Cl. The summed E-state index contributed by atoms with van der Waals surface area (Å²) in [5, 5.41) is 11.0. The average molecular weight is 248 g/mol. The highest BCUT2D eigenvalue weighted by molar-refractivity contribution is 6.35. The molecular weight excluding hydrogens is 233 g/mol. The summed E-state index contributed by atoms with van der Waals surface area (Å²) in [6, 6.07) is 5.33. The molecule has 0 spiro atoms. The van der Waals surface area contributed by atoms with Gasteiger partial charge in [0.15, 0.2) is 0 Å². The molecule has 0 heterocycles. The van der Waals surface area contributed by atoms with Gasteiger partial charge in [-0.05, 0) is 31.8 Å². The number of nitrogens with zero attached hydrogens (tertiary/aromatic N) is 1. The van der Waals surface area contributed by atoms with Crippen molar-refractivity contribution < 1.29 is 5.11 Å². The normalized spacial score (nSPS) is 13.2. The molecule has 0 radical (unpaired) electrons. The number of benzene rings is 1. The summed E-state index contributed by atoms with van der Waals surface area (Å²) in [6.07, 6.45) is 0.146. The summed E-state index contributed by atoms with van der Waals surface area (Å²) < 4.78 is 0. The van der Waals surface area contributed by atoms with Gasteiger partial charge in [0.2, 0.25) is 0 Å². The zero-order chi connectivity index (χ0) is 11.4. The summed E-state index contributed by atoms with van der Waals surface area (Å²) in [4.78, 5) is 1.94. The first kappa shape index (κ1) is 12.8. The van der Waals surface area contributed by atoms with E-state index in [0.717, 1.165) is 5.56 Å². The molecular formula is C11H15Cl2NO. The van der Waals surface area contributed by atoms with Crippen molar-refractivity contribution >= 4 is 23.2 Å². The molecule has 1 aromatic carbocycles. The fourth-order valence-electron chi connectivity index (χ4n) is 1.43. The van der Waals surface area contributed by atoms with E-state index in [-0.39, 0.29) is 0 Å². The minimum absolute atomic E-state index is 0.404. The molecule has 1 atom stereocenters. The highest BCUT2D eigenvalue weighted by atomic mass is 35.5. The molecule has 1 rings (SSSR count). The second-order valence-corrected chi connectivity index (χ2v) is 4.70. The lowest BCUT2D eigenvalue weighted by molar-refractivity contribution is 0.137. The minimum atomic E-state index is -0.404. The summed E-state index contributed by atoms with van der Waals surface area (Å²) in [6.45, 7) is 0.624. The van der Waals surface area contributed by atoms with Crippen LogP contribution in [0.2, 0.25) is 10.0 Å². The number of hydrogen-bond acceptors (Lipinski definition) is 2. The van der Waals surface area contributed by atoms with Gasteiger partial charge in [0.1, 0.15) is 0 Å². The second-order valence-electron chi connectivity index (χ2n) is 3.86. The van der Waals surface area contributed by atoms with Crippen LogP contribution in [-0.2, 0) is 6.42 Å². The van der Waals surface area contributed by atoms with Gasteiger partial charge in [0.25, 0.3) is 0 Å². The molecule has 1 aromatic rings. The molecule has 0 fully saturated rings. The number of aliphatic hydroxyl groups excluding tert-OH is 1. The van der Waals surface area contributed by atoms with E-state index in [0.29, 0.717) is 23.0 Å².